The predicted molar refractivity (Wildman–Crippen MR) is 134 cm³/mol. The Hall–Kier alpha value is -3.25. The van der Waals surface area contributed by atoms with Crippen LogP contribution in [-0.2, 0) is 16.6 Å². The maximum Gasteiger partial charge on any atom is 0.279 e. The second kappa shape index (κ2) is 10.1. The number of aryl methyl sites for hydroxylation is 2. The zero-order chi connectivity index (χ0) is 24.2. The van der Waals surface area contributed by atoms with Gasteiger partial charge in [-0.25, -0.2) is 8.42 Å². The largest absolute Gasteiger partial charge is 0.304 e. The molecule has 0 fully saturated rings. The van der Waals surface area contributed by atoms with Gasteiger partial charge in [0, 0.05) is 18.7 Å². The molecule has 0 aliphatic rings. The predicted octanol–water partition coefficient (Wildman–Crippen LogP) is 4.06. The minimum atomic E-state index is -3.74. The molecule has 0 aliphatic carbocycles. The number of thiazole rings is 1. The molecule has 8 heteroatoms. The van der Waals surface area contributed by atoms with E-state index in [1.807, 2.05) is 24.5 Å². The maximum absolute atomic E-state index is 12.9. The first kappa shape index (κ1) is 24.4. The van der Waals surface area contributed by atoms with Crippen molar-refractivity contribution in [2.45, 2.75) is 25.3 Å². The van der Waals surface area contributed by atoms with Gasteiger partial charge in [-0.15, -0.1) is 19.6 Å². The lowest BCUT2D eigenvalue weighted by Crippen LogP contribution is -2.31. The van der Waals surface area contributed by atoms with Gasteiger partial charge in [0.2, 0.25) is 10.0 Å². The van der Waals surface area contributed by atoms with Crippen LogP contribution in [-0.4, -0.2) is 36.3 Å². The summed E-state index contributed by atoms with van der Waals surface area (Å²) in [6.07, 6.45) is 8.58. The summed E-state index contributed by atoms with van der Waals surface area (Å²) in [7, 11) is -3.74. The minimum absolute atomic E-state index is 0.0816. The molecular formula is C25H25N3O3S2. The first-order valence-corrected chi connectivity index (χ1v) is 12.4. The normalized spacial score (nSPS) is 12.1. The van der Waals surface area contributed by atoms with Gasteiger partial charge in [0.1, 0.15) is 0 Å². The molecule has 1 aromatic heterocycles. The van der Waals surface area contributed by atoms with Gasteiger partial charge in [-0.05, 0) is 55.3 Å². The lowest BCUT2D eigenvalue weighted by molar-refractivity contribution is 0.0998. The summed E-state index contributed by atoms with van der Waals surface area (Å²) < 4.78 is 29.8. The number of carbonyl (C=O) groups is 1. The average molecular weight is 480 g/mol. The number of hydrogen-bond donors (Lipinski definition) is 0. The van der Waals surface area contributed by atoms with Crippen LogP contribution in [0.4, 0.5) is 0 Å². The van der Waals surface area contributed by atoms with Crippen LogP contribution in [0.3, 0.4) is 0 Å². The Balaban J connectivity index is 2.00. The average Bonchev–Trinajstić information content (AvgIpc) is 3.10. The van der Waals surface area contributed by atoms with Crippen molar-refractivity contribution in [2.24, 2.45) is 4.99 Å². The van der Waals surface area contributed by atoms with Crippen LogP contribution in [0.15, 0.2) is 71.6 Å². The molecule has 0 radical (unpaired) electrons. The third-order valence-corrected chi connectivity index (χ3v) is 7.83. The van der Waals surface area contributed by atoms with Crippen molar-refractivity contribution in [2.75, 3.05) is 13.1 Å². The fourth-order valence-corrected chi connectivity index (χ4v) is 6.13. The van der Waals surface area contributed by atoms with Gasteiger partial charge in [-0.1, -0.05) is 35.5 Å². The molecule has 33 heavy (non-hydrogen) atoms. The molecule has 0 saturated carbocycles. The zero-order valence-electron chi connectivity index (χ0n) is 18.6. The monoisotopic (exact) mass is 479 g/mol. The number of hydrogen-bond acceptors (Lipinski definition) is 4. The van der Waals surface area contributed by atoms with Gasteiger partial charge in [-0.2, -0.15) is 9.30 Å². The number of fused-ring (bicyclic) bond motifs is 1. The van der Waals surface area contributed by atoms with Crippen molar-refractivity contribution in [3.63, 3.8) is 0 Å². The second-order valence-corrected chi connectivity index (χ2v) is 10.4. The van der Waals surface area contributed by atoms with E-state index < -0.39 is 15.9 Å². The highest BCUT2D eigenvalue weighted by Crippen LogP contribution is 2.23. The zero-order valence-corrected chi connectivity index (χ0v) is 20.2. The summed E-state index contributed by atoms with van der Waals surface area (Å²) in [6.45, 7) is 11.8. The van der Waals surface area contributed by atoms with E-state index in [4.69, 9.17) is 6.42 Å². The molecule has 0 spiro atoms. The highest BCUT2D eigenvalue weighted by atomic mass is 32.2. The van der Waals surface area contributed by atoms with Crippen molar-refractivity contribution >= 4 is 37.5 Å². The Morgan fingerprint density at radius 2 is 1.82 bits per heavy atom. The second-order valence-electron chi connectivity index (χ2n) is 7.44. The van der Waals surface area contributed by atoms with E-state index in [2.05, 4.69) is 30.1 Å². The minimum Gasteiger partial charge on any atom is -0.304 e. The van der Waals surface area contributed by atoms with Gasteiger partial charge >= 0.3 is 0 Å². The molecule has 1 heterocycles. The lowest BCUT2D eigenvalue weighted by Gasteiger charge is -2.19. The number of carbonyl (C=O) groups excluding carboxylic acids is 1. The summed E-state index contributed by atoms with van der Waals surface area (Å²) >= 11 is 1.40. The van der Waals surface area contributed by atoms with E-state index >= 15 is 0 Å². The summed E-state index contributed by atoms with van der Waals surface area (Å²) in [4.78, 5) is 17.8. The van der Waals surface area contributed by atoms with Gasteiger partial charge in [0.25, 0.3) is 5.91 Å². The van der Waals surface area contributed by atoms with Crippen molar-refractivity contribution in [1.82, 2.24) is 8.87 Å². The smallest absolute Gasteiger partial charge is 0.279 e. The fourth-order valence-electron chi connectivity index (χ4n) is 3.54. The quantitative estimate of drug-likeness (QED) is 0.361. The van der Waals surface area contributed by atoms with E-state index in [9.17, 15) is 13.2 Å². The molecule has 1 amide bonds. The van der Waals surface area contributed by atoms with Crippen molar-refractivity contribution in [3.8, 4) is 12.3 Å². The molecule has 0 bridgehead atoms. The summed E-state index contributed by atoms with van der Waals surface area (Å²) in [5.41, 5.74) is 3.42. The number of aromatic nitrogens is 1. The van der Waals surface area contributed by atoms with Crippen LogP contribution in [0.5, 0.6) is 0 Å². The topological polar surface area (TPSA) is 71.7 Å². The first-order chi connectivity index (χ1) is 15.7. The van der Waals surface area contributed by atoms with Crippen molar-refractivity contribution < 1.29 is 13.2 Å². The summed E-state index contributed by atoms with van der Waals surface area (Å²) in [5.74, 6) is 2.15. The number of terminal acetylenes is 1. The Morgan fingerprint density at radius 1 is 1.18 bits per heavy atom. The SMILES string of the molecule is C#CCn1c(=NC(=O)c2ccc(S(=O)(=O)N(CC=C)CC=C)cc2)sc2cc(C)cc(C)c21. The molecule has 0 saturated heterocycles. The van der Waals surface area contributed by atoms with Gasteiger partial charge in [-0.3, -0.25) is 4.79 Å². The number of nitrogens with zero attached hydrogens (tertiary/aromatic N) is 3. The number of amides is 1. The highest BCUT2D eigenvalue weighted by molar-refractivity contribution is 7.89. The highest BCUT2D eigenvalue weighted by Gasteiger charge is 2.22. The standard InChI is InChI=1S/C25H25N3O3S2/c1-6-13-27(14-7-2)33(30,31)21-11-9-20(10-12-21)24(29)26-25-28(15-8-3)23-19(5)16-18(4)17-22(23)32-25/h3,6-7,9-12,16-17H,1-2,13-15H2,4-5H3. The van der Waals surface area contributed by atoms with Crippen LogP contribution in [0.2, 0.25) is 0 Å². The Kier molecular flexibility index (Phi) is 7.49. The van der Waals surface area contributed by atoms with E-state index in [0.717, 1.165) is 21.3 Å². The maximum atomic E-state index is 12.9. The van der Waals surface area contributed by atoms with Crippen molar-refractivity contribution in [3.05, 3.63) is 83.2 Å². The van der Waals surface area contributed by atoms with Crippen LogP contribution in [0, 0.1) is 26.2 Å². The third kappa shape index (κ3) is 5.06. The van der Waals surface area contributed by atoms with Gasteiger partial charge in [0.15, 0.2) is 4.80 Å². The lowest BCUT2D eigenvalue weighted by atomic mass is 10.1. The molecule has 3 rings (SSSR count). The number of sulfonamides is 1. The molecule has 0 unspecified atom stereocenters. The molecule has 0 N–H and O–H groups in total. The van der Waals surface area contributed by atoms with E-state index in [1.54, 1.807) is 0 Å². The molecule has 0 atom stereocenters. The Morgan fingerprint density at radius 3 is 2.39 bits per heavy atom. The van der Waals surface area contributed by atoms with Gasteiger partial charge in [0.05, 0.1) is 21.7 Å². The van der Waals surface area contributed by atoms with Crippen LogP contribution >= 0.6 is 11.3 Å². The van der Waals surface area contributed by atoms with E-state index in [1.165, 1.54) is 52.1 Å². The molecular weight excluding hydrogens is 454 g/mol. The number of rotatable bonds is 8. The number of benzene rings is 2. The van der Waals surface area contributed by atoms with E-state index in [-0.39, 0.29) is 30.1 Å². The van der Waals surface area contributed by atoms with Crippen molar-refractivity contribution in [1.29, 1.82) is 0 Å². The summed E-state index contributed by atoms with van der Waals surface area (Å²) in [6, 6.07) is 9.85. The fraction of sp³-hybridized carbons (Fsp3) is 0.200. The first-order valence-electron chi connectivity index (χ1n) is 10.2. The molecule has 0 aliphatic heterocycles. The molecule has 6 nitrogen and oxygen atoms in total. The Labute approximate surface area is 198 Å². The van der Waals surface area contributed by atoms with Crippen LogP contribution in [0.25, 0.3) is 10.2 Å². The molecule has 2 aromatic carbocycles. The summed E-state index contributed by atoms with van der Waals surface area (Å²) in [5, 5.41) is 0. The molecule has 170 valence electrons. The Bertz CT molecular complexity index is 1430. The van der Waals surface area contributed by atoms with Crippen LogP contribution < -0.4 is 4.80 Å². The van der Waals surface area contributed by atoms with E-state index in [0.29, 0.717) is 4.80 Å². The van der Waals surface area contributed by atoms with Crippen LogP contribution in [0.1, 0.15) is 21.5 Å². The third-order valence-electron chi connectivity index (χ3n) is 4.96. The molecule has 3 aromatic rings. The van der Waals surface area contributed by atoms with Gasteiger partial charge < -0.3 is 4.57 Å².